The van der Waals surface area contributed by atoms with Crippen molar-refractivity contribution in [2.75, 3.05) is 5.32 Å². The number of amides is 1. The van der Waals surface area contributed by atoms with Gasteiger partial charge in [0.15, 0.2) is 17.4 Å². The molecule has 0 unspecified atom stereocenters. The van der Waals surface area contributed by atoms with E-state index in [0.717, 1.165) is 5.56 Å². The van der Waals surface area contributed by atoms with Gasteiger partial charge in [0.2, 0.25) is 5.91 Å². The Balaban J connectivity index is 1.51. The molecule has 0 bridgehead atoms. The van der Waals surface area contributed by atoms with Crippen LogP contribution in [0.4, 0.5) is 14.5 Å². The van der Waals surface area contributed by atoms with Crippen molar-refractivity contribution >= 4 is 22.6 Å². The van der Waals surface area contributed by atoms with E-state index in [1.165, 1.54) is 45.8 Å². The summed E-state index contributed by atoms with van der Waals surface area (Å²) in [6, 6.07) is 12.2. The number of hydrogen-bond acceptors (Lipinski definition) is 5. The number of hydrogen-bond donors (Lipinski definition) is 2. The molecule has 0 fully saturated rings. The molecule has 11 heteroatoms. The summed E-state index contributed by atoms with van der Waals surface area (Å²) < 4.78 is 36.8. The maximum absolute atomic E-state index is 15.2. The second-order valence-corrected chi connectivity index (χ2v) is 8.99. The number of anilines is 1. The van der Waals surface area contributed by atoms with Crippen LogP contribution >= 0.6 is 0 Å². The van der Waals surface area contributed by atoms with Gasteiger partial charge in [-0.3, -0.25) is 19.0 Å². The van der Waals surface area contributed by atoms with Gasteiger partial charge in [-0.25, -0.2) is 18.6 Å². The van der Waals surface area contributed by atoms with Gasteiger partial charge in [-0.05, 0) is 79.1 Å². The van der Waals surface area contributed by atoms with Crippen molar-refractivity contribution in [3.8, 4) is 16.9 Å². The van der Waals surface area contributed by atoms with Gasteiger partial charge >= 0.3 is 5.69 Å². The Hall–Kier alpha value is -4.80. The Bertz CT molecular complexity index is 1680. The number of carbonyl (C=O) groups excluding carboxylic acids is 1. The van der Waals surface area contributed by atoms with Crippen molar-refractivity contribution in [3.05, 3.63) is 93.9 Å². The smallest absolute Gasteiger partial charge is 0.329 e. The monoisotopic (exact) mass is 518 g/mol. The number of fused-ring (bicyclic) bond motifs is 1. The van der Waals surface area contributed by atoms with Crippen molar-refractivity contribution in [2.45, 2.75) is 27.0 Å². The van der Waals surface area contributed by atoms with Crippen LogP contribution in [0.1, 0.15) is 17.0 Å². The Labute approximate surface area is 215 Å². The summed E-state index contributed by atoms with van der Waals surface area (Å²) in [5.41, 5.74) is 3.70. The zero-order valence-corrected chi connectivity index (χ0v) is 20.9. The fourth-order valence-corrected chi connectivity index (χ4v) is 4.46. The molecule has 0 spiro atoms. The molecule has 0 atom stereocenters. The number of ether oxygens (including phenoxy) is 1. The lowest BCUT2D eigenvalue weighted by Crippen LogP contribution is -2.28. The van der Waals surface area contributed by atoms with E-state index in [-0.39, 0.29) is 18.9 Å². The first-order valence-corrected chi connectivity index (χ1v) is 11.7. The average Bonchev–Trinajstić information content (AvgIpc) is 3.47. The minimum absolute atomic E-state index is 0.0309. The fourth-order valence-electron chi connectivity index (χ4n) is 4.46. The van der Waals surface area contributed by atoms with Crippen LogP contribution in [0.3, 0.4) is 0 Å². The van der Waals surface area contributed by atoms with Crippen LogP contribution < -0.4 is 15.7 Å². The molecule has 5 aromatic rings. The van der Waals surface area contributed by atoms with Crippen LogP contribution in [0.25, 0.3) is 22.2 Å². The molecule has 9 nitrogen and oxygen atoms in total. The molecular formula is C27H24F2N6O3. The molecule has 3 aromatic carbocycles. The summed E-state index contributed by atoms with van der Waals surface area (Å²) in [4.78, 5) is 29.9. The summed E-state index contributed by atoms with van der Waals surface area (Å²) in [5, 5.41) is 9.09. The number of H-pyrrole nitrogens is 1. The number of nitrogens with one attached hydrogen (secondary N) is 2. The van der Waals surface area contributed by atoms with Crippen molar-refractivity contribution in [3.63, 3.8) is 0 Å². The third-order valence-electron chi connectivity index (χ3n) is 6.17. The Morgan fingerprint density at radius 3 is 2.55 bits per heavy atom. The first-order valence-electron chi connectivity index (χ1n) is 11.7. The third-order valence-corrected chi connectivity index (χ3v) is 6.17. The summed E-state index contributed by atoms with van der Waals surface area (Å²) in [7, 11) is 1.61. The molecule has 2 heterocycles. The third kappa shape index (κ3) is 4.77. The number of benzene rings is 3. The van der Waals surface area contributed by atoms with Gasteiger partial charge in [0.25, 0.3) is 0 Å². The highest BCUT2D eigenvalue weighted by molar-refractivity contribution is 5.96. The van der Waals surface area contributed by atoms with Crippen molar-refractivity contribution in [1.29, 1.82) is 0 Å². The van der Waals surface area contributed by atoms with E-state index in [2.05, 4.69) is 20.5 Å². The zero-order valence-electron chi connectivity index (χ0n) is 20.9. The second kappa shape index (κ2) is 9.92. The number of aromatic amines is 1. The topological polar surface area (TPSA) is 107 Å². The number of rotatable bonds is 7. The number of carbonyl (C=O) groups is 1. The van der Waals surface area contributed by atoms with E-state index in [0.29, 0.717) is 39.2 Å². The van der Waals surface area contributed by atoms with Gasteiger partial charge in [-0.15, -0.1) is 0 Å². The minimum Gasteiger partial charge on any atom is -0.482 e. The number of halogens is 2. The minimum atomic E-state index is -0.558. The van der Waals surface area contributed by atoms with Crippen LogP contribution in [0.2, 0.25) is 0 Å². The number of imidazole rings is 1. The molecule has 5 rings (SSSR count). The first-order chi connectivity index (χ1) is 18.2. The second-order valence-electron chi connectivity index (χ2n) is 8.99. The van der Waals surface area contributed by atoms with Gasteiger partial charge in [0.1, 0.15) is 25.3 Å². The Kier molecular flexibility index (Phi) is 6.50. The summed E-state index contributed by atoms with van der Waals surface area (Å²) >= 11 is 0. The van der Waals surface area contributed by atoms with Gasteiger partial charge in [0, 0.05) is 18.3 Å². The highest BCUT2D eigenvalue weighted by atomic mass is 19.1. The van der Waals surface area contributed by atoms with E-state index in [4.69, 9.17) is 4.74 Å². The SMILES string of the molecule is Cc1cc(-c2cc(C)c(OCc3ncn[nH]3)c(F)c2)c2c(c1)n(CC(=O)Nc1ccc(F)cc1)c(=O)n2C. The fraction of sp³-hybridized carbons (Fsp3) is 0.185. The lowest BCUT2D eigenvalue weighted by Gasteiger charge is -2.13. The van der Waals surface area contributed by atoms with Gasteiger partial charge in [0.05, 0.1) is 11.0 Å². The molecule has 0 aliphatic heterocycles. The van der Waals surface area contributed by atoms with Crippen LogP contribution in [0.15, 0.2) is 59.7 Å². The van der Waals surface area contributed by atoms with Crippen molar-refractivity contribution in [2.24, 2.45) is 7.05 Å². The molecule has 2 N–H and O–H groups in total. The molecule has 0 radical (unpaired) electrons. The van der Waals surface area contributed by atoms with Gasteiger partial charge in [-0.2, -0.15) is 5.10 Å². The highest BCUT2D eigenvalue weighted by Crippen LogP contribution is 2.34. The molecule has 2 aromatic heterocycles. The van der Waals surface area contributed by atoms with E-state index in [1.807, 2.05) is 19.1 Å². The van der Waals surface area contributed by atoms with Crippen molar-refractivity contribution in [1.82, 2.24) is 24.3 Å². The lowest BCUT2D eigenvalue weighted by molar-refractivity contribution is -0.116. The van der Waals surface area contributed by atoms with Crippen LogP contribution in [0, 0.1) is 25.5 Å². The number of aryl methyl sites for hydroxylation is 3. The van der Waals surface area contributed by atoms with Crippen LogP contribution in [-0.2, 0) is 25.0 Å². The maximum Gasteiger partial charge on any atom is 0.329 e. The molecule has 0 saturated heterocycles. The zero-order chi connectivity index (χ0) is 27.0. The first kappa shape index (κ1) is 24.9. The highest BCUT2D eigenvalue weighted by Gasteiger charge is 2.20. The molecule has 0 saturated carbocycles. The Morgan fingerprint density at radius 2 is 1.87 bits per heavy atom. The van der Waals surface area contributed by atoms with E-state index in [1.54, 1.807) is 20.0 Å². The van der Waals surface area contributed by atoms with Crippen LogP contribution in [-0.4, -0.2) is 30.2 Å². The summed E-state index contributed by atoms with van der Waals surface area (Å²) in [5.74, 6) is -0.856. The van der Waals surface area contributed by atoms with E-state index < -0.39 is 23.2 Å². The standard InChI is InChI=1S/C27H24F2N6O3/c1-15-8-20(17-10-16(2)26(21(29)11-17)38-13-23-30-14-31-33-23)25-22(9-15)35(27(37)34(25)3)12-24(36)32-19-6-4-18(28)5-7-19/h4-11,14H,12-13H2,1-3H3,(H,32,36)(H,30,31,33). The maximum atomic E-state index is 15.2. The quantitative estimate of drug-likeness (QED) is 0.335. The molecule has 0 aliphatic carbocycles. The normalized spacial score (nSPS) is 11.2. The summed E-state index contributed by atoms with van der Waals surface area (Å²) in [6.07, 6.45) is 1.34. The number of nitrogens with zero attached hydrogens (tertiary/aromatic N) is 4. The molecule has 38 heavy (non-hydrogen) atoms. The van der Waals surface area contributed by atoms with E-state index in [9.17, 15) is 14.0 Å². The molecule has 194 valence electrons. The predicted molar refractivity (Wildman–Crippen MR) is 138 cm³/mol. The van der Waals surface area contributed by atoms with Crippen molar-refractivity contribution < 1.29 is 18.3 Å². The van der Waals surface area contributed by atoms with E-state index >= 15 is 4.39 Å². The average molecular weight is 519 g/mol. The van der Waals surface area contributed by atoms with Gasteiger partial charge < -0.3 is 10.1 Å². The largest absolute Gasteiger partial charge is 0.482 e. The molecule has 1 amide bonds. The van der Waals surface area contributed by atoms with Crippen LogP contribution in [0.5, 0.6) is 5.75 Å². The molecule has 0 aliphatic rings. The van der Waals surface area contributed by atoms with Gasteiger partial charge in [-0.1, -0.05) is 0 Å². The summed E-state index contributed by atoms with van der Waals surface area (Å²) in [6.45, 7) is 3.38. The predicted octanol–water partition coefficient (Wildman–Crippen LogP) is 4.24. The molecular weight excluding hydrogens is 494 g/mol. The Morgan fingerprint density at radius 1 is 1.11 bits per heavy atom. The lowest BCUT2D eigenvalue weighted by atomic mass is 9.99. The number of aromatic nitrogens is 5.